The van der Waals surface area contributed by atoms with Crippen molar-refractivity contribution in [3.8, 4) is 0 Å². The van der Waals surface area contributed by atoms with Gasteiger partial charge in [0.15, 0.2) is 11.5 Å². The van der Waals surface area contributed by atoms with E-state index >= 15 is 0 Å². The average molecular weight is 328 g/mol. The van der Waals surface area contributed by atoms with Crippen molar-refractivity contribution < 1.29 is 9.26 Å². The van der Waals surface area contributed by atoms with Crippen LogP contribution in [0.1, 0.15) is 49.7 Å². The molecular weight excluding hydrogens is 308 g/mol. The Kier molecular flexibility index (Phi) is 4.12. The van der Waals surface area contributed by atoms with Gasteiger partial charge in [-0.05, 0) is 19.3 Å². The number of nitrogens with one attached hydrogen (secondary N) is 1. The third kappa shape index (κ3) is 2.96. The third-order valence-electron chi connectivity index (χ3n) is 4.04. The summed E-state index contributed by atoms with van der Waals surface area (Å²) in [6.45, 7) is 3.36. The van der Waals surface area contributed by atoms with E-state index in [1.54, 1.807) is 10.7 Å². The van der Waals surface area contributed by atoms with E-state index in [0.29, 0.717) is 18.3 Å². The summed E-state index contributed by atoms with van der Waals surface area (Å²) in [5, 5.41) is 11.7. The van der Waals surface area contributed by atoms with Crippen molar-refractivity contribution in [2.24, 2.45) is 0 Å². The highest BCUT2D eigenvalue weighted by Crippen LogP contribution is 2.27. The normalized spacial score (nSPS) is 17.6. The first-order valence-electron chi connectivity index (χ1n) is 8.35. The van der Waals surface area contributed by atoms with Gasteiger partial charge in [-0.15, -0.1) is 0 Å². The molecule has 0 unspecified atom stereocenters. The summed E-state index contributed by atoms with van der Waals surface area (Å²) >= 11 is 0. The Morgan fingerprint density at radius 2 is 2.33 bits per heavy atom. The zero-order valence-electron chi connectivity index (χ0n) is 13.6. The Morgan fingerprint density at radius 3 is 3.17 bits per heavy atom. The molecule has 1 N–H and O–H groups in total. The van der Waals surface area contributed by atoms with Crippen LogP contribution < -0.4 is 5.32 Å². The van der Waals surface area contributed by atoms with Crippen molar-refractivity contribution >= 4 is 11.5 Å². The van der Waals surface area contributed by atoms with Crippen LogP contribution in [0.5, 0.6) is 0 Å². The van der Waals surface area contributed by atoms with Crippen molar-refractivity contribution in [2.45, 2.75) is 45.3 Å². The SMILES string of the molecule is CCCc1cc(NCc2noc([C@H]3CCCO3)n2)n2nccc2n1. The maximum atomic E-state index is 5.57. The smallest absolute Gasteiger partial charge is 0.255 e. The van der Waals surface area contributed by atoms with E-state index in [1.807, 2.05) is 12.1 Å². The van der Waals surface area contributed by atoms with Gasteiger partial charge in [0, 0.05) is 24.4 Å². The number of aryl methyl sites for hydroxylation is 1. The molecular formula is C16H20N6O2. The van der Waals surface area contributed by atoms with Crippen molar-refractivity contribution in [3.63, 3.8) is 0 Å². The summed E-state index contributed by atoms with van der Waals surface area (Å²) in [7, 11) is 0. The van der Waals surface area contributed by atoms with Crippen molar-refractivity contribution in [3.05, 3.63) is 35.7 Å². The second-order valence-electron chi connectivity index (χ2n) is 5.89. The fourth-order valence-corrected chi connectivity index (χ4v) is 2.89. The molecule has 0 amide bonds. The van der Waals surface area contributed by atoms with Crippen LogP contribution in [0.2, 0.25) is 0 Å². The predicted molar refractivity (Wildman–Crippen MR) is 86.5 cm³/mol. The molecule has 0 saturated carbocycles. The third-order valence-corrected chi connectivity index (χ3v) is 4.04. The molecule has 1 aliphatic heterocycles. The first-order chi connectivity index (χ1) is 11.8. The van der Waals surface area contributed by atoms with Gasteiger partial charge in [0.1, 0.15) is 11.9 Å². The Morgan fingerprint density at radius 1 is 1.38 bits per heavy atom. The lowest BCUT2D eigenvalue weighted by molar-refractivity contribution is 0.0835. The summed E-state index contributed by atoms with van der Waals surface area (Å²) in [4.78, 5) is 9.01. The predicted octanol–water partition coefficient (Wildman–Crippen LogP) is 2.53. The summed E-state index contributed by atoms with van der Waals surface area (Å²) < 4.78 is 12.7. The Hall–Kier alpha value is -2.48. The molecule has 3 aromatic rings. The average Bonchev–Trinajstić information content (AvgIpc) is 3.32. The summed E-state index contributed by atoms with van der Waals surface area (Å²) in [5.74, 6) is 2.04. The number of hydrogen-bond acceptors (Lipinski definition) is 7. The van der Waals surface area contributed by atoms with Gasteiger partial charge in [-0.1, -0.05) is 18.5 Å². The van der Waals surface area contributed by atoms with Crippen molar-refractivity contribution in [2.75, 3.05) is 11.9 Å². The minimum atomic E-state index is -0.0545. The monoisotopic (exact) mass is 328 g/mol. The van der Waals surface area contributed by atoms with E-state index < -0.39 is 0 Å². The second-order valence-corrected chi connectivity index (χ2v) is 5.89. The summed E-state index contributed by atoms with van der Waals surface area (Å²) in [6.07, 6.45) is 5.64. The van der Waals surface area contributed by atoms with Gasteiger partial charge in [0.25, 0.3) is 5.89 Å². The molecule has 126 valence electrons. The first kappa shape index (κ1) is 15.1. The van der Waals surface area contributed by atoms with Crippen LogP contribution in [0.15, 0.2) is 22.9 Å². The number of aromatic nitrogens is 5. The number of anilines is 1. The van der Waals surface area contributed by atoms with Crippen molar-refractivity contribution in [1.29, 1.82) is 0 Å². The van der Waals surface area contributed by atoms with E-state index in [0.717, 1.165) is 49.4 Å². The van der Waals surface area contributed by atoms with Gasteiger partial charge < -0.3 is 14.6 Å². The van der Waals surface area contributed by atoms with Gasteiger partial charge >= 0.3 is 0 Å². The molecule has 1 saturated heterocycles. The van der Waals surface area contributed by atoms with Gasteiger partial charge in [0.05, 0.1) is 12.7 Å². The van der Waals surface area contributed by atoms with Crippen LogP contribution in [-0.2, 0) is 17.7 Å². The van der Waals surface area contributed by atoms with Crippen LogP contribution in [-0.4, -0.2) is 31.3 Å². The van der Waals surface area contributed by atoms with Gasteiger partial charge in [0.2, 0.25) is 0 Å². The molecule has 4 rings (SSSR count). The number of ether oxygens (including phenoxy) is 1. The van der Waals surface area contributed by atoms with E-state index in [9.17, 15) is 0 Å². The van der Waals surface area contributed by atoms with Crippen LogP contribution >= 0.6 is 0 Å². The lowest BCUT2D eigenvalue weighted by atomic mass is 10.2. The largest absolute Gasteiger partial charge is 0.368 e. The van der Waals surface area contributed by atoms with Gasteiger partial charge in [-0.2, -0.15) is 14.6 Å². The van der Waals surface area contributed by atoms with Gasteiger partial charge in [-0.3, -0.25) is 0 Å². The second kappa shape index (κ2) is 6.56. The molecule has 0 aliphatic carbocycles. The molecule has 24 heavy (non-hydrogen) atoms. The summed E-state index contributed by atoms with van der Waals surface area (Å²) in [6, 6.07) is 3.92. The quantitative estimate of drug-likeness (QED) is 0.743. The molecule has 1 atom stereocenters. The molecule has 3 aromatic heterocycles. The Labute approximate surface area is 139 Å². The van der Waals surface area contributed by atoms with Crippen LogP contribution in [0.25, 0.3) is 5.65 Å². The lowest BCUT2D eigenvalue weighted by Gasteiger charge is -2.08. The highest BCUT2D eigenvalue weighted by atomic mass is 16.5. The molecule has 0 spiro atoms. The minimum Gasteiger partial charge on any atom is -0.368 e. The highest BCUT2D eigenvalue weighted by molar-refractivity contribution is 5.49. The topological polar surface area (TPSA) is 90.4 Å². The standard InChI is InChI=1S/C16H20N6O2/c1-2-4-11-9-15(22-14(19-11)6-7-18-22)17-10-13-20-16(24-21-13)12-5-3-8-23-12/h6-7,9,12,17H,2-5,8,10H2,1H3/t12-/m1/s1. The number of hydrogen-bond donors (Lipinski definition) is 1. The Bertz CT molecular complexity index is 821. The van der Waals surface area contributed by atoms with Crippen molar-refractivity contribution in [1.82, 2.24) is 24.7 Å². The van der Waals surface area contributed by atoms with E-state index in [4.69, 9.17) is 9.26 Å². The minimum absolute atomic E-state index is 0.0545. The van der Waals surface area contributed by atoms with Crippen LogP contribution in [0.3, 0.4) is 0 Å². The zero-order chi connectivity index (χ0) is 16.4. The molecule has 0 radical (unpaired) electrons. The highest BCUT2D eigenvalue weighted by Gasteiger charge is 2.23. The number of nitrogens with zero attached hydrogens (tertiary/aromatic N) is 5. The maximum Gasteiger partial charge on any atom is 0.255 e. The Balaban J connectivity index is 1.51. The molecule has 1 aliphatic rings. The molecule has 1 fully saturated rings. The molecule has 0 aromatic carbocycles. The number of rotatable bonds is 6. The van der Waals surface area contributed by atoms with Crippen LogP contribution in [0.4, 0.5) is 5.82 Å². The van der Waals surface area contributed by atoms with E-state index in [1.165, 1.54) is 0 Å². The first-order valence-corrected chi connectivity index (χ1v) is 8.35. The fraction of sp³-hybridized carbons (Fsp3) is 0.500. The molecule has 8 nitrogen and oxygen atoms in total. The number of fused-ring (bicyclic) bond motifs is 1. The zero-order valence-corrected chi connectivity index (χ0v) is 13.6. The molecule has 4 heterocycles. The molecule has 0 bridgehead atoms. The van der Waals surface area contributed by atoms with Gasteiger partial charge in [-0.25, -0.2) is 4.98 Å². The van der Waals surface area contributed by atoms with Crippen LogP contribution in [0, 0.1) is 0 Å². The lowest BCUT2D eigenvalue weighted by Crippen LogP contribution is -2.08. The van der Waals surface area contributed by atoms with E-state index in [-0.39, 0.29) is 6.10 Å². The molecule has 8 heteroatoms. The van der Waals surface area contributed by atoms with E-state index in [2.05, 4.69) is 32.5 Å². The fourth-order valence-electron chi connectivity index (χ4n) is 2.89. The summed E-state index contributed by atoms with van der Waals surface area (Å²) in [5.41, 5.74) is 1.87. The maximum absolute atomic E-state index is 5.57.